The Labute approximate surface area is 140 Å². The Morgan fingerprint density at radius 1 is 1.26 bits per heavy atom. The average Bonchev–Trinajstić information content (AvgIpc) is 2.90. The van der Waals surface area contributed by atoms with E-state index in [0.29, 0.717) is 6.54 Å². The van der Waals surface area contributed by atoms with Gasteiger partial charge in [-0.1, -0.05) is 19.1 Å². The van der Waals surface area contributed by atoms with Crippen molar-refractivity contribution < 1.29 is 5.11 Å². The number of β-amino-alcohol motifs (C(OH)–C–C–N with tert-alkyl or cyclic N) is 1. The van der Waals surface area contributed by atoms with E-state index in [9.17, 15) is 5.11 Å². The summed E-state index contributed by atoms with van der Waals surface area (Å²) in [7, 11) is 2.15. The molecule has 2 N–H and O–H groups in total. The summed E-state index contributed by atoms with van der Waals surface area (Å²) < 4.78 is 0. The van der Waals surface area contributed by atoms with Gasteiger partial charge in [0.2, 0.25) is 0 Å². The minimum atomic E-state index is -0.274. The highest BCUT2D eigenvalue weighted by atomic mass is 16.3. The molecule has 1 fully saturated rings. The zero-order valence-corrected chi connectivity index (χ0v) is 14.6. The SMILES string of the molecule is CC1CCN(CC(O)CNCc2ccc3c(c2)CCN3C)CC1. The van der Waals surface area contributed by atoms with E-state index in [4.69, 9.17) is 0 Å². The number of hydrogen-bond donors (Lipinski definition) is 2. The van der Waals surface area contributed by atoms with Crippen LogP contribution in [0.25, 0.3) is 0 Å². The Hall–Kier alpha value is -1.10. The number of piperidine rings is 1. The second-order valence-corrected chi connectivity index (χ2v) is 7.40. The molecule has 23 heavy (non-hydrogen) atoms. The van der Waals surface area contributed by atoms with Gasteiger partial charge < -0.3 is 20.2 Å². The van der Waals surface area contributed by atoms with Crippen LogP contribution in [-0.4, -0.2) is 55.9 Å². The van der Waals surface area contributed by atoms with E-state index in [0.717, 1.165) is 45.1 Å². The predicted molar refractivity (Wildman–Crippen MR) is 96.0 cm³/mol. The molecule has 3 rings (SSSR count). The summed E-state index contributed by atoms with van der Waals surface area (Å²) in [6, 6.07) is 6.74. The second-order valence-electron chi connectivity index (χ2n) is 7.40. The Morgan fingerprint density at radius 3 is 2.83 bits per heavy atom. The van der Waals surface area contributed by atoms with Crippen LogP contribution in [0.5, 0.6) is 0 Å². The number of likely N-dealkylation sites (tertiary alicyclic amines) is 1. The van der Waals surface area contributed by atoms with Gasteiger partial charge in [0.15, 0.2) is 0 Å². The van der Waals surface area contributed by atoms with Crippen molar-refractivity contribution in [3.8, 4) is 0 Å². The van der Waals surface area contributed by atoms with E-state index in [2.05, 4.69) is 47.3 Å². The molecule has 1 saturated heterocycles. The lowest BCUT2D eigenvalue weighted by atomic mass is 9.99. The van der Waals surface area contributed by atoms with Crippen LogP contribution in [0, 0.1) is 5.92 Å². The first-order valence-corrected chi connectivity index (χ1v) is 9.06. The van der Waals surface area contributed by atoms with E-state index in [1.807, 2.05) is 0 Å². The number of anilines is 1. The Bertz CT molecular complexity index is 511. The summed E-state index contributed by atoms with van der Waals surface area (Å²) in [5, 5.41) is 13.6. The summed E-state index contributed by atoms with van der Waals surface area (Å²) in [5.74, 6) is 0.848. The minimum Gasteiger partial charge on any atom is -0.390 e. The highest BCUT2D eigenvalue weighted by Crippen LogP contribution is 2.27. The lowest BCUT2D eigenvalue weighted by Crippen LogP contribution is -2.41. The standard InChI is InChI=1S/C19H31N3O/c1-15-5-9-22(10-6-15)14-18(23)13-20-12-16-3-4-19-17(11-16)7-8-21(19)2/h3-4,11,15,18,20,23H,5-10,12-14H2,1-2H3. The van der Waals surface area contributed by atoms with E-state index in [1.165, 1.54) is 29.7 Å². The van der Waals surface area contributed by atoms with Crippen LogP contribution >= 0.6 is 0 Å². The number of hydrogen-bond acceptors (Lipinski definition) is 4. The summed E-state index contributed by atoms with van der Waals surface area (Å²) in [4.78, 5) is 4.72. The molecule has 0 amide bonds. The molecule has 1 aromatic carbocycles. The lowest BCUT2D eigenvalue weighted by molar-refractivity contribution is 0.0907. The second kappa shape index (κ2) is 7.65. The third kappa shape index (κ3) is 4.46. The van der Waals surface area contributed by atoms with Crippen molar-refractivity contribution in [2.24, 2.45) is 5.92 Å². The topological polar surface area (TPSA) is 38.7 Å². The number of nitrogens with zero attached hydrogens (tertiary/aromatic N) is 2. The van der Waals surface area contributed by atoms with Crippen LogP contribution in [0.3, 0.4) is 0 Å². The quantitative estimate of drug-likeness (QED) is 0.840. The van der Waals surface area contributed by atoms with E-state index >= 15 is 0 Å². The first-order valence-electron chi connectivity index (χ1n) is 9.06. The molecule has 0 saturated carbocycles. The van der Waals surface area contributed by atoms with Crippen LogP contribution < -0.4 is 10.2 Å². The van der Waals surface area contributed by atoms with Gasteiger partial charge in [-0.2, -0.15) is 0 Å². The first-order chi connectivity index (χ1) is 11.1. The number of aliphatic hydroxyl groups is 1. The molecule has 128 valence electrons. The predicted octanol–water partition coefficient (Wildman–Crippen LogP) is 1.86. The summed E-state index contributed by atoms with van der Waals surface area (Å²) in [6.07, 6.45) is 3.41. The molecule has 0 radical (unpaired) electrons. The number of aliphatic hydroxyl groups excluding tert-OH is 1. The van der Waals surface area contributed by atoms with Gasteiger partial charge in [0.1, 0.15) is 0 Å². The maximum atomic E-state index is 10.2. The fourth-order valence-corrected chi connectivity index (χ4v) is 3.72. The van der Waals surface area contributed by atoms with Crippen LogP contribution in [0.15, 0.2) is 18.2 Å². The van der Waals surface area contributed by atoms with Gasteiger partial charge in [-0.25, -0.2) is 0 Å². The zero-order chi connectivity index (χ0) is 16.2. The van der Waals surface area contributed by atoms with E-state index < -0.39 is 0 Å². The number of likely N-dealkylation sites (N-methyl/N-ethyl adjacent to an activating group) is 1. The van der Waals surface area contributed by atoms with Gasteiger partial charge in [-0.15, -0.1) is 0 Å². The highest BCUT2D eigenvalue weighted by Gasteiger charge is 2.18. The maximum absolute atomic E-state index is 10.2. The van der Waals surface area contributed by atoms with Crippen molar-refractivity contribution in [3.05, 3.63) is 29.3 Å². The molecule has 2 aliphatic heterocycles. The molecule has 1 unspecified atom stereocenters. The van der Waals surface area contributed by atoms with Gasteiger partial charge >= 0.3 is 0 Å². The van der Waals surface area contributed by atoms with Gasteiger partial charge in [-0.05, 0) is 55.5 Å². The van der Waals surface area contributed by atoms with Crippen molar-refractivity contribution in [2.45, 2.75) is 38.8 Å². The molecule has 4 nitrogen and oxygen atoms in total. The van der Waals surface area contributed by atoms with Gasteiger partial charge in [0.25, 0.3) is 0 Å². The van der Waals surface area contributed by atoms with Crippen molar-refractivity contribution >= 4 is 5.69 Å². The van der Waals surface area contributed by atoms with Gasteiger partial charge in [0.05, 0.1) is 6.10 Å². The molecule has 0 bridgehead atoms. The largest absolute Gasteiger partial charge is 0.390 e. The van der Waals surface area contributed by atoms with Crippen LogP contribution in [0.2, 0.25) is 0 Å². The van der Waals surface area contributed by atoms with Crippen molar-refractivity contribution in [2.75, 3.05) is 44.7 Å². The fraction of sp³-hybridized carbons (Fsp3) is 0.684. The fourth-order valence-electron chi connectivity index (χ4n) is 3.72. The maximum Gasteiger partial charge on any atom is 0.0791 e. The Kier molecular flexibility index (Phi) is 5.57. The van der Waals surface area contributed by atoms with Crippen LogP contribution in [0.4, 0.5) is 5.69 Å². The third-order valence-corrected chi connectivity index (χ3v) is 5.33. The molecular formula is C19H31N3O. The molecule has 0 aromatic heterocycles. The summed E-state index contributed by atoms with van der Waals surface area (Å²) >= 11 is 0. The summed E-state index contributed by atoms with van der Waals surface area (Å²) in [5.41, 5.74) is 4.14. The van der Waals surface area contributed by atoms with Crippen LogP contribution in [0.1, 0.15) is 30.9 Å². The van der Waals surface area contributed by atoms with E-state index in [1.54, 1.807) is 0 Å². The molecule has 1 atom stereocenters. The smallest absolute Gasteiger partial charge is 0.0791 e. The normalized spacial score (nSPS) is 20.7. The molecule has 2 heterocycles. The molecule has 0 aliphatic carbocycles. The van der Waals surface area contributed by atoms with Crippen LogP contribution in [-0.2, 0) is 13.0 Å². The highest BCUT2D eigenvalue weighted by molar-refractivity contribution is 5.58. The Balaban J connectivity index is 1.39. The monoisotopic (exact) mass is 317 g/mol. The molecule has 2 aliphatic rings. The van der Waals surface area contributed by atoms with Gasteiger partial charge in [0, 0.05) is 38.9 Å². The number of fused-ring (bicyclic) bond motifs is 1. The van der Waals surface area contributed by atoms with Crippen molar-refractivity contribution in [1.29, 1.82) is 0 Å². The molecule has 0 spiro atoms. The average molecular weight is 317 g/mol. The van der Waals surface area contributed by atoms with Crippen molar-refractivity contribution in [1.82, 2.24) is 10.2 Å². The Morgan fingerprint density at radius 2 is 2.04 bits per heavy atom. The lowest BCUT2D eigenvalue weighted by Gasteiger charge is -2.31. The van der Waals surface area contributed by atoms with Gasteiger partial charge in [-0.3, -0.25) is 0 Å². The summed E-state index contributed by atoms with van der Waals surface area (Å²) in [6.45, 7) is 8.03. The molecule has 4 heteroatoms. The molecular weight excluding hydrogens is 286 g/mol. The number of benzene rings is 1. The first kappa shape index (κ1) is 16.7. The van der Waals surface area contributed by atoms with E-state index in [-0.39, 0.29) is 6.10 Å². The minimum absolute atomic E-state index is 0.274. The zero-order valence-electron chi connectivity index (χ0n) is 14.6. The van der Waals surface area contributed by atoms with Crippen molar-refractivity contribution in [3.63, 3.8) is 0 Å². The number of rotatable bonds is 6. The third-order valence-electron chi connectivity index (χ3n) is 5.33. The molecule has 1 aromatic rings. The number of nitrogens with one attached hydrogen (secondary N) is 1.